The van der Waals surface area contributed by atoms with Crippen molar-refractivity contribution in [2.75, 3.05) is 12.0 Å². The highest BCUT2D eigenvalue weighted by Gasteiger charge is 2.08. The van der Waals surface area contributed by atoms with Gasteiger partial charge in [-0.25, -0.2) is 8.42 Å². The molecule has 1 aromatic carbocycles. The number of carbonyl (C=O) groups is 1. The molecule has 0 spiro atoms. The van der Waals surface area contributed by atoms with Crippen molar-refractivity contribution in [3.63, 3.8) is 0 Å². The Hall–Kier alpha value is -0.810. The van der Waals surface area contributed by atoms with Crippen LogP contribution < -0.4 is 0 Å². The van der Waals surface area contributed by atoms with Crippen LogP contribution in [0.2, 0.25) is 0 Å². The van der Waals surface area contributed by atoms with E-state index in [0.29, 0.717) is 17.7 Å². The Labute approximate surface area is 94.8 Å². The fourth-order valence-electron chi connectivity index (χ4n) is 1.13. The number of ketones is 1. The molecule has 0 bridgehead atoms. The molecule has 0 atom stereocenters. The van der Waals surface area contributed by atoms with Crippen LogP contribution >= 0.6 is 12.6 Å². The summed E-state index contributed by atoms with van der Waals surface area (Å²) in [5.74, 6) is 0.470. The maximum absolute atomic E-state index is 11.4. The Morgan fingerprint density at radius 3 is 2.20 bits per heavy atom. The van der Waals surface area contributed by atoms with E-state index >= 15 is 0 Å². The third-order valence-corrected chi connectivity index (χ3v) is 3.30. The molecule has 0 saturated heterocycles. The first-order chi connectivity index (χ1) is 6.95. The van der Waals surface area contributed by atoms with Gasteiger partial charge in [0, 0.05) is 18.2 Å². The van der Waals surface area contributed by atoms with E-state index < -0.39 is 9.84 Å². The molecular formula is C10H12O3S2. The topological polar surface area (TPSA) is 51.2 Å². The molecule has 0 saturated carbocycles. The van der Waals surface area contributed by atoms with Crippen LogP contribution in [0.15, 0.2) is 29.2 Å². The largest absolute Gasteiger partial charge is 0.294 e. The third kappa shape index (κ3) is 3.35. The summed E-state index contributed by atoms with van der Waals surface area (Å²) in [6, 6.07) is 5.95. The monoisotopic (exact) mass is 244 g/mol. The summed E-state index contributed by atoms with van der Waals surface area (Å²) >= 11 is 3.96. The standard InChI is InChI=1S/C10H12O3S2/c1-15(12,13)9-4-2-8(3-5-9)10(11)6-7-14/h2-5,14H,6-7H2,1H3. The third-order valence-electron chi connectivity index (χ3n) is 1.94. The zero-order valence-corrected chi connectivity index (χ0v) is 10.0. The number of benzene rings is 1. The first-order valence-corrected chi connectivity index (χ1v) is 6.91. The van der Waals surface area contributed by atoms with Crippen LogP contribution in [-0.2, 0) is 9.84 Å². The maximum Gasteiger partial charge on any atom is 0.175 e. The number of hydrogen-bond donors (Lipinski definition) is 1. The SMILES string of the molecule is CS(=O)(=O)c1ccc(C(=O)CCS)cc1. The van der Waals surface area contributed by atoms with E-state index in [2.05, 4.69) is 12.6 Å². The second-order valence-electron chi connectivity index (χ2n) is 3.19. The van der Waals surface area contributed by atoms with Gasteiger partial charge in [-0.2, -0.15) is 12.6 Å². The molecule has 0 radical (unpaired) electrons. The number of thiol groups is 1. The maximum atomic E-state index is 11.4. The molecule has 0 heterocycles. The van der Waals surface area contributed by atoms with Gasteiger partial charge in [-0.05, 0) is 17.9 Å². The molecule has 5 heteroatoms. The molecule has 15 heavy (non-hydrogen) atoms. The molecule has 0 aliphatic heterocycles. The summed E-state index contributed by atoms with van der Waals surface area (Å²) in [5.41, 5.74) is 0.524. The van der Waals surface area contributed by atoms with Crippen LogP contribution in [0.4, 0.5) is 0 Å². The van der Waals surface area contributed by atoms with Crippen LogP contribution in [0.3, 0.4) is 0 Å². The van der Waals surface area contributed by atoms with E-state index in [9.17, 15) is 13.2 Å². The van der Waals surface area contributed by atoms with Crippen LogP contribution in [0.25, 0.3) is 0 Å². The second-order valence-corrected chi connectivity index (χ2v) is 5.66. The van der Waals surface area contributed by atoms with E-state index in [1.807, 2.05) is 0 Å². The predicted octanol–water partition coefficient (Wildman–Crippen LogP) is 1.59. The molecule has 0 aliphatic carbocycles. The van der Waals surface area contributed by atoms with Gasteiger partial charge in [0.2, 0.25) is 0 Å². The fraction of sp³-hybridized carbons (Fsp3) is 0.300. The second kappa shape index (κ2) is 4.81. The van der Waals surface area contributed by atoms with E-state index in [0.717, 1.165) is 6.26 Å². The summed E-state index contributed by atoms with van der Waals surface area (Å²) < 4.78 is 22.3. The first-order valence-electron chi connectivity index (χ1n) is 4.39. The normalized spacial score (nSPS) is 11.3. The Balaban J connectivity index is 2.96. The number of rotatable bonds is 4. The van der Waals surface area contributed by atoms with Gasteiger partial charge in [-0.1, -0.05) is 12.1 Å². The quantitative estimate of drug-likeness (QED) is 0.646. The highest BCUT2D eigenvalue weighted by atomic mass is 32.2. The van der Waals surface area contributed by atoms with Crippen molar-refractivity contribution in [2.45, 2.75) is 11.3 Å². The average Bonchev–Trinajstić information content (AvgIpc) is 2.17. The minimum atomic E-state index is -3.18. The zero-order chi connectivity index (χ0) is 11.5. The Morgan fingerprint density at radius 1 is 1.27 bits per heavy atom. The number of Topliss-reactive ketones (excluding diaryl/α,β-unsaturated/α-hetero) is 1. The molecule has 0 aliphatic rings. The van der Waals surface area contributed by atoms with E-state index in [-0.39, 0.29) is 10.7 Å². The van der Waals surface area contributed by atoms with E-state index in [4.69, 9.17) is 0 Å². The van der Waals surface area contributed by atoms with Crippen molar-refractivity contribution in [1.29, 1.82) is 0 Å². The minimum Gasteiger partial charge on any atom is -0.294 e. The molecule has 1 rings (SSSR count). The van der Waals surface area contributed by atoms with Crippen molar-refractivity contribution in [3.8, 4) is 0 Å². The fourth-order valence-corrected chi connectivity index (χ4v) is 1.97. The lowest BCUT2D eigenvalue weighted by Gasteiger charge is -2.01. The summed E-state index contributed by atoms with van der Waals surface area (Å²) in [6.07, 6.45) is 1.50. The van der Waals surface area contributed by atoms with Crippen molar-refractivity contribution in [3.05, 3.63) is 29.8 Å². The molecule has 0 unspecified atom stereocenters. The minimum absolute atomic E-state index is 0.0231. The van der Waals surface area contributed by atoms with E-state index in [1.165, 1.54) is 24.3 Å². The summed E-state index contributed by atoms with van der Waals surface area (Å²) in [6.45, 7) is 0. The molecular weight excluding hydrogens is 232 g/mol. The van der Waals surface area contributed by atoms with Gasteiger partial charge in [-0.15, -0.1) is 0 Å². The smallest absolute Gasteiger partial charge is 0.175 e. The first kappa shape index (κ1) is 12.3. The van der Waals surface area contributed by atoms with Gasteiger partial charge in [0.25, 0.3) is 0 Å². The Morgan fingerprint density at radius 2 is 1.80 bits per heavy atom. The van der Waals surface area contributed by atoms with Crippen LogP contribution in [0.5, 0.6) is 0 Å². The lowest BCUT2D eigenvalue weighted by molar-refractivity contribution is 0.0989. The lowest BCUT2D eigenvalue weighted by atomic mass is 10.1. The Kier molecular flexibility index (Phi) is 3.93. The van der Waals surface area contributed by atoms with Crippen molar-refractivity contribution < 1.29 is 13.2 Å². The van der Waals surface area contributed by atoms with Gasteiger partial charge >= 0.3 is 0 Å². The van der Waals surface area contributed by atoms with Crippen LogP contribution in [-0.4, -0.2) is 26.2 Å². The molecule has 1 aromatic rings. The molecule has 0 amide bonds. The number of carbonyl (C=O) groups excluding carboxylic acids is 1. The van der Waals surface area contributed by atoms with Crippen molar-refractivity contribution >= 4 is 28.2 Å². The number of hydrogen-bond acceptors (Lipinski definition) is 4. The van der Waals surface area contributed by atoms with Gasteiger partial charge < -0.3 is 0 Å². The van der Waals surface area contributed by atoms with Crippen LogP contribution in [0, 0.1) is 0 Å². The molecule has 0 N–H and O–H groups in total. The molecule has 0 aromatic heterocycles. The average molecular weight is 244 g/mol. The predicted molar refractivity (Wildman–Crippen MR) is 62.4 cm³/mol. The Bertz CT molecular complexity index is 446. The van der Waals surface area contributed by atoms with Crippen LogP contribution in [0.1, 0.15) is 16.8 Å². The molecule has 3 nitrogen and oxygen atoms in total. The summed E-state index contributed by atoms with van der Waals surface area (Å²) in [7, 11) is -3.18. The van der Waals surface area contributed by atoms with Crippen molar-refractivity contribution in [2.24, 2.45) is 0 Å². The molecule has 0 fully saturated rings. The van der Waals surface area contributed by atoms with Gasteiger partial charge in [0.15, 0.2) is 15.6 Å². The van der Waals surface area contributed by atoms with Gasteiger partial charge in [0.05, 0.1) is 4.90 Å². The van der Waals surface area contributed by atoms with Crippen molar-refractivity contribution in [1.82, 2.24) is 0 Å². The number of sulfone groups is 1. The highest BCUT2D eigenvalue weighted by Crippen LogP contribution is 2.11. The highest BCUT2D eigenvalue weighted by molar-refractivity contribution is 7.90. The summed E-state index contributed by atoms with van der Waals surface area (Å²) in [4.78, 5) is 11.6. The van der Waals surface area contributed by atoms with Gasteiger partial charge in [-0.3, -0.25) is 4.79 Å². The zero-order valence-electron chi connectivity index (χ0n) is 8.30. The lowest BCUT2D eigenvalue weighted by Crippen LogP contribution is -2.01. The molecule has 82 valence electrons. The summed E-state index contributed by atoms with van der Waals surface area (Å²) in [5, 5.41) is 0. The van der Waals surface area contributed by atoms with Gasteiger partial charge in [0.1, 0.15) is 0 Å². The van der Waals surface area contributed by atoms with E-state index in [1.54, 1.807) is 0 Å².